The molecule has 3 rings (SSSR count). The molecule has 0 saturated heterocycles. The molecule has 0 spiro atoms. The third-order valence-corrected chi connectivity index (χ3v) is 4.43. The van der Waals surface area contributed by atoms with Gasteiger partial charge in [-0.25, -0.2) is 0 Å². The molecule has 2 aromatic heterocycles. The summed E-state index contributed by atoms with van der Waals surface area (Å²) in [5.41, 5.74) is 2.33. The Hall–Kier alpha value is -2.60. The quantitative estimate of drug-likeness (QED) is 0.695. The van der Waals surface area contributed by atoms with Gasteiger partial charge in [0.25, 0.3) is 5.91 Å². The molecule has 1 N–H and O–H groups in total. The van der Waals surface area contributed by atoms with Crippen molar-refractivity contribution >= 4 is 17.7 Å². The Morgan fingerprint density at radius 2 is 2.04 bits per heavy atom. The second-order valence-corrected chi connectivity index (χ2v) is 6.24. The van der Waals surface area contributed by atoms with Gasteiger partial charge in [0, 0.05) is 17.2 Å². The molecule has 1 amide bonds. The maximum atomic E-state index is 12.5. The van der Waals surface area contributed by atoms with Crippen molar-refractivity contribution < 1.29 is 9.32 Å². The third-order valence-electron chi connectivity index (χ3n) is 3.33. The number of rotatable bonds is 6. The minimum absolute atomic E-state index is 0.113. The lowest BCUT2D eigenvalue weighted by Gasteiger charge is -2.09. The first-order valence-electron chi connectivity index (χ1n) is 7.54. The maximum Gasteiger partial charge on any atom is 0.252 e. The van der Waals surface area contributed by atoms with Crippen molar-refractivity contribution in [1.29, 1.82) is 0 Å². The van der Waals surface area contributed by atoms with Gasteiger partial charge in [0.2, 0.25) is 0 Å². The lowest BCUT2D eigenvalue weighted by molar-refractivity contribution is 0.0947. The number of thioether (sulfide) groups is 1. The van der Waals surface area contributed by atoms with Crippen LogP contribution in [0.15, 0.2) is 64.1 Å². The van der Waals surface area contributed by atoms with Crippen LogP contribution in [0.1, 0.15) is 27.5 Å². The van der Waals surface area contributed by atoms with Crippen LogP contribution in [0.2, 0.25) is 0 Å². The predicted octanol–water partition coefficient (Wildman–Crippen LogP) is 3.60. The van der Waals surface area contributed by atoms with Crippen molar-refractivity contribution in [2.24, 2.45) is 0 Å². The van der Waals surface area contributed by atoms with Crippen LogP contribution >= 0.6 is 11.8 Å². The number of carbonyl (C=O) groups excluding carboxylic acids is 1. The van der Waals surface area contributed by atoms with E-state index in [0.717, 1.165) is 22.0 Å². The van der Waals surface area contributed by atoms with Gasteiger partial charge < -0.3 is 9.84 Å². The molecule has 0 atom stereocenters. The van der Waals surface area contributed by atoms with E-state index in [-0.39, 0.29) is 5.91 Å². The van der Waals surface area contributed by atoms with E-state index in [1.54, 1.807) is 18.0 Å². The molecule has 0 aliphatic rings. The second-order valence-electron chi connectivity index (χ2n) is 5.22. The summed E-state index contributed by atoms with van der Waals surface area (Å²) in [6.07, 6.45) is 1.71. The van der Waals surface area contributed by atoms with Gasteiger partial charge in [-0.15, -0.1) is 11.8 Å². The van der Waals surface area contributed by atoms with Gasteiger partial charge in [-0.1, -0.05) is 23.4 Å². The Bertz CT molecular complexity index is 818. The SMILES string of the molecule is Cc1cc(CSc2ccccc2C(=O)NCc2ccccn2)on1. The van der Waals surface area contributed by atoms with Gasteiger partial charge in [0.05, 0.1) is 29.2 Å². The fourth-order valence-electron chi connectivity index (χ4n) is 2.18. The number of pyridine rings is 1. The summed E-state index contributed by atoms with van der Waals surface area (Å²) >= 11 is 1.55. The molecule has 0 radical (unpaired) electrons. The van der Waals surface area contributed by atoms with Crippen molar-refractivity contribution in [3.05, 3.63) is 77.4 Å². The van der Waals surface area contributed by atoms with Crippen molar-refractivity contribution in [2.75, 3.05) is 0 Å². The van der Waals surface area contributed by atoms with E-state index in [9.17, 15) is 4.79 Å². The highest BCUT2D eigenvalue weighted by atomic mass is 32.2. The van der Waals surface area contributed by atoms with Crippen LogP contribution in [0.4, 0.5) is 0 Å². The average Bonchev–Trinajstić information content (AvgIpc) is 3.04. The summed E-state index contributed by atoms with van der Waals surface area (Å²) in [6.45, 7) is 2.29. The van der Waals surface area contributed by atoms with E-state index >= 15 is 0 Å². The van der Waals surface area contributed by atoms with E-state index in [1.807, 2.05) is 55.5 Å². The molecule has 0 aliphatic carbocycles. The predicted molar refractivity (Wildman–Crippen MR) is 92.7 cm³/mol. The number of benzene rings is 1. The molecule has 0 unspecified atom stereocenters. The van der Waals surface area contributed by atoms with Gasteiger partial charge >= 0.3 is 0 Å². The molecule has 5 nitrogen and oxygen atoms in total. The van der Waals surface area contributed by atoms with E-state index in [2.05, 4.69) is 15.5 Å². The molecule has 3 aromatic rings. The smallest absolute Gasteiger partial charge is 0.252 e. The monoisotopic (exact) mass is 339 g/mol. The first-order chi connectivity index (χ1) is 11.7. The molecule has 24 heavy (non-hydrogen) atoms. The number of nitrogens with zero attached hydrogens (tertiary/aromatic N) is 2. The molecule has 0 saturated carbocycles. The Morgan fingerprint density at radius 1 is 1.21 bits per heavy atom. The molecule has 0 aliphatic heterocycles. The fourth-order valence-corrected chi connectivity index (χ4v) is 3.11. The second kappa shape index (κ2) is 7.79. The summed E-state index contributed by atoms with van der Waals surface area (Å²) in [4.78, 5) is 17.6. The van der Waals surface area contributed by atoms with Crippen molar-refractivity contribution in [3.63, 3.8) is 0 Å². The van der Waals surface area contributed by atoms with E-state index in [1.165, 1.54) is 0 Å². The zero-order valence-electron chi connectivity index (χ0n) is 13.2. The van der Waals surface area contributed by atoms with Crippen molar-refractivity contribution in [1.82, 2.24) is 15.5 Å². The molecule has 0 bridgehead atoms. The number of amides is 1. The number of nitrogens with one attached hydrogen (secondary N) is 1. The van der Waals surface area contributed by atoms with Crippen LogP contribution in [0.5, 0.6) is 0 Å². The first kappa shape index (κ1) is 16.3. The highest BCUT2D eigenvalue weighted by molar-refractivity contribution is 7.98. The van der Waals surface area contributed by atoms with Crippen molar-refractivity contribution in [3.8, 4) is 0 Å². The zero-order chi connectivity index (χ0) is 16.8. The van der Waals surface area contributed by atoms with Gasteiger partial charge in [-0.05, 0) is 31.2 Å². The summed E-state index contributed by atoms with van der Waals surface area (Å²) in [5, 5.41) is 6.78. The van der Waals surface area contributed by atoms with E-state index in [0.29, 0.717) is 17.9 Å². The number of aryl methyl sites for hydroxylation is 1. The highest BCUT2D eigenvalue weighted by Gasteiger charge is 2.12. The zero-order valence-corrected chi connectivity index (χ0v) is 14.0. The number of hydrogen-bond donors (Lipinski definition) is 1. The minimum Gasteiger partial charge on any atom is -0.360 e. The largest absolute Gasteiger partial charge is 0.360 e. The molecule has 0 fully saturated rings. The average molecular weight is 339 g/mol. The van der Waals surface area contributed by atoms with Gasteiger partial charge in [0.1, 0.15) is 5.76 Å². The third kappa shape index (κ3) is 4.23. The molecular formula is C18H17N3O2S. The number of aromatic nitrogens is 2. The van der Waals surface area contributed by atoms with Crippen LogP contribution in [0.25, 0.3) is 0 Å². The van der Waals surface area contributed by atoms with E-state index in [4.69, 9.17) is 4.52 Å². The topological polar surface area (TPSA) is 68.0 Å². The summed E-state index contributed by atoms with van der Waals surface area (Å²) < 4.78 is 5.21. The Labute approximate surface area is 144 Å². The first-order valence-corrected chi connectivity index (χ1v) is 8.53. The number of carbonyl (C=O) groups is 1. The van der Waals surface area contributed by atoms with Gasteiger partial charge in [-0.3, -0.25) is 9.78 Å². The Morgan fingerprint density at radius 3 is 2.79 bits per heavy atom. The fraction of sp³-hybridized carbons (Fsp3) is 0.167. The molecule has 6 heteroatoms. The summed E-state index contributed by atoms with van der Waals surface area (Å²) in [6, 6.07) is 15.1. The van der Waals surface area contributed by atoms with Crippen LogP contribution in [-0.4, -0.2) is 16.0 Å². The van der Waals surface area contributed by atoms with Gasteiger partial charge in [-0.2, -0.15) is 0 Å². The lowest BCUT2D eigenvalue weighted by atomic mass is 10.2. The Kier molecular flexibility index (Phi) is 5.28. The molecule has 1 aromatic carbocycles. The Balaban J connectivity index is 1.65. The maximum absolute atomic E-state index is 12.5. The number of hydrogen-bond acceptors (Lipinski definition) is 5. The molecular weight excluding hydrogens is 322 g/mol. The molecule has 122 valence electrons. The van der Waals surface area contributed by atoms with Crippen LogP contribution in [-0.2, 0) is 12.3 Å². The van der Waals surface area contributed by atoms with Crippen LogP contribution in [0.3, 0.4) is 0 Å². The summed E-state index contributed by atoms with van der Waals surface area (Å²) in [5.74, 6) is 1.31. The minimum atomic E-state index is -0.113. The van der Waals surface area contributed by atoms with Crippen LogP contribution in [0, 0.1) is 6.92 Å². The van der Waals surface area contributed by atoms with Crippen LogP contribution < -0.4 is 5.32 Å². The highest BCUT2D eigenvalue weighted by Crippen LogP contribution is 2.26. The molecule has 2 heterocycles. The standard InChI is InChI=1S/C18H17N3O2S/c1-13-10-15(23-21-13)12-24-17-8-3-2-7-16(17)18(22)20-11-14-6-4-5-9-19-14/h2-10H,11-12H2,1H3,(H,20,22). The van der Waals surface area contributed by atoms with E-state index < -0.39 is 0 Å². The van der Waals surface area contributed by atoms with Crippen molar-refractivity contribution in [2.45, 2.75) is 24.1 Å². The lowest BCUT2D eigenvalue weighted by Crippen LogP contribution is -2.23. The van der Waals surface area contributed by atoms with Gasteiger partial charge in [0.15, 0.2) is 0 Å². The normalized spacial score (nSPS) is 10.5. The summed E-state index contributed by atoms with van der Waals surface area (Å²) in [7, 11) is 0.